The molecule has 18 heavy (non-hydrogen) atoms. The largest absolute Gasteiger partial charge is 0.149 e. The molecule has 0 amide bonds. The van der Waals surface area contributed by atoms with Crippen LogP contribution >= 0.6 is 11.3 Å². The van der Waals surface area contributed by atoms with Gasteiger partial charge in [-0.2, -0.15) is 0 Å². The summed E-state index contributed by atoms with van der Waals surface area (Å²) in [4.78, 5) is 1.46. The average molecular weight is 266 g/mol. The minimum Gasteiger partial charge on any atom is -0.149 e. The Morgan fingerprint density at radius 3 is 1.89 bits per heavy atom. The van der Waals surface area contributed by atoms with Crippen molar-refractivity contribution in [1.29, 1.82) is 0 Å². The lowest BCUT2D eigenvalue weighted by atomic mass is 10.0. The van der Waals surface area contributed by atoms with E-state index >= 15 is 0 Å². The lowest BCUT2D eigenvalue weighted by Gasteiger charge is -2.01. The zero-order valence-electron chi connectivity index (χ0n) is 12.3. The van der Waals surface area contributed by atoms with Crippen molar-refractivity contribution in [1.82, 2.24) is 0 Å². The van der Waals surface area contributed by atoms with Crippen molar-refractivity contribution >= 4 is 11.3 Å². The van der Waals surface area contributed by atoms with Gasteiger partial charge in [0.15, 0.2) is 0 Å². The third-order valence-electron chi connectivity index (χ3n) is 3.60. The molecule has 0 bridgehead atoms. The van der Waals surface area contributed by atoms with E-state index in [9.17, 15) is 0 Å². The van der Waals surface area contributed by atoms with Crippen molar-refractivity contribution in [3.63, 3.8) is 0 Å². The van der Waals surface area contributed by atoms with Crippen LogP contribution in [0, 0.1) is 6.92 Å². The minimum absolute atomic E-state index is 1.29. The van der Waals surface area contributed by atoms with E-state index < -0.39 is 0 Å². The van der Waals surface area contributed by atoms with E-state index in [1.165, 1.54) is 75.5 Å². The minimum atomic E-state index is 1.29. The molecule has 0 aliphatic rings. The predicted molar refractivity (Wildman–Crippen MR) is 84.6 cm³/mol. The molecule has 0 saturated heterocycles. The zero-order chi connectivity index (χ0) is 13.1. The van der Waals surface area contributed by atoms with Gasteiger partial charge in [-0.25, -0.2) is 0 Å². The van der Waals surface area contributed by atoms with Gasteiger partial charge in [0.1, 0.15) is 0 Å². The van der Waals surface area contributed by atoms with Crippen LogP contribution in [0.15, 0.2) is 11.4 Å². The number of thiophene rings is 1. The van der Waals surface area contributed by atoms with E-state index in [1.807, 2.05) is 11.3 Å². The van der Waals surface area contributed by atoms with E-state index in [0.29, 0.717) is 0 Å². The topological polar surface area (TPSA) is 0 Å². The van der Waals surface area contributed by atoms with Crippen molar-refractivity contribution < 1.29 is 0 Å². The molecule has 0 aliphatic carbocycles. The Labute approximate surface area is 118 Å². The van der Waals surface area contributed by atoms with E-state index in [1.54, 1.807) is 5.56 Å². The summed E-state index contributed by atoms with van der Waals surface area (Å²) in [5.74, 6) is 0. The van der Waals surface area contributed by atoms with Crippen LogP contribution < -0.4 is 0 Å². The van der Waals surface area contributed by atoms with Crippen LogP contribution in [0.5, 0.6) is 0 Å². The summed E-state index contributed by atoms with van der Waals surface area (Å²) in [7, 11) is 0. The van der Waals surface area contributed by atoms with Gasteiger partial charge in [0, 0.05) is 4.88 Å². The highest BCUT2D eigenvalue weighted by molar-refractivity contribution is 7.10. The van der Waals surface area contributed by atoms with Crippen LogP contribution in [0.4, 0.5) is 0 Å². The van der Waals surface area contributed by atoms with Crippen molar-refractivity contribution in [3.05, 3.63) is 21.9 Å². The number of hydrogen-bond acceptors (Lipinski definition) is 1. The number of hydrogen-bond donors (Lipinski definition) is 0. The first-order valence-corrected chi connectivity index (χ1v) is 8.75. The van der Waals surface area contributed by atoms with Crippen LogP contribution in [-0.4, -0.2) is 0 Å². The standard InChI is InChI=1S/C17H30S/c1-3-4-5-6-7-8-9-10-11-12-13-17-14-16(2)18-15-17/h14-15H,3-13H2,1-2H3. The van der Waals surface area contributed by atoms with Gasteiger partial charge < -0.3 is 0 Å². The summed E-state index contributed by atoms with van der Waals surface area (Å²) in [6.45, 7) is 4.49. The maximum Gasteiger partial charge on any atom is 0.00170 e. The first-order chi connectivity index (χ1) is 8.83. The predicted octanol–water partition coefficient (Wildman–Crippen LogP) is 6.52. The molecule has 0 spiro atoms. The normalized spacial score (nSPS) is 11.0. The van der Waals surface area contributed by atoms with Crippen LogP contribution in [0.1, 0.15) is 81.6 Å². The van der Waals surface area contributed by atoms with Gasteiger partial charge in [-0.1, -0.05) is 64.7 Å². The molecular weight excluding hydrogens is 236 g/mol. The molecule has 0 saturated carbocycles. The fourth-order valence-electron chi connectivity index (χ4n) is 2.45. The second kappa shape index (κ2) is 10.6. The molecule has 1 heteroatoms. The first kappa shape index (κ1) is 15.8. The van der Waals surface area contributed by atoms with Gasteiger partial charge in [0.2, 0.25) is 0 Å². The van der Waals surface area contributed by atoms with Gasteiger partial charge in [-0.05, 0) is 36.8 Å². The second-order valence-electron chi connectivity index (χ2n) is 5.50. The fourth-order valence-corrected chi connectivity index (χ4v) is 3.19. The molecule has 1 aromatic rings. The highest BCUT2D eigenvalue weighted by atomic mass is 32.1. The van der Waals surface area contributed by atoms with Crippen LogP contribution in [-0.2, 0) is 6.42 Å². The van der Waals surface area contributed by atoms with Gasteiger partial charge in [-0.3, -0.25) is 0 Å². The monoisotopic (exact) mass is 266 g/mol. The fraction of sp³-hybridized carbons (Fsp3) is 0.765. The van der Waals surface area contributed by atoms with Gasteiger partial charge >= 0.3 is 0 Å². The highest BCUT2D eigenvalue weighted by Gasteiger charge is 1.97. The zero-order valence-corrected chi connectivity index (χ0v) is 13.2. The van der Waals surface area contributed by atoms with E-state index in [4.69, 9.17) is 0 Å². The maximum atomic E-state index is 2.35. The van der Waals surface area contributed by atoms with Crippen LogP contribution in [0.25, 0.3) is 0 Å². The lowest BCUT2D eigenvalue weighted by molar-refractivity contribution is 0.556. The Bertz CT molecular complexity index is 288. The van der Waals surface area contributed by atoms with E-state index in [0.717, 1.165) is 0 Å². The van der Waals surface area contributed by atoms with Crippen molar-refractivity contribution in [2.24, 2.45) is 0 Å². The third kappa shape index (κ3) is 7.92. The highest BCUT2D eigenvalue weighted by Crippen LogP contribution is 2.16. The van der Waals surface area contributed by atoms with Crippen molar-refractivity contribution in [2.75, 3.05) is 0 Å². The summed E-state index contributed by atoms with van der Waals surface area (Å²) in [5, 5.41) is 2.32. The Balaban J connectivity index is 1.81. The number of rotatable bonds is 11. The average Bonchev–Trinajstić information content (AvgIpc) is 2.77. The Morgan fingerprint density at radius 2 is 1.39 bits per heavy atom. The summed E-state index contributed by atoms with van der Waals surface area (Å²) >= 11 is 1.89. The molecule has 0 aromatic carbocycles. The van der Waals surface area contributed by atoms with Crippen molar-refractivity contribution in [3.8, 4) is 0 Å². The molecule has 0 nitrogen and oxygen atoms in total. The Hall–Kier alpha value is -0.300. The summed E-state index contributed by atoms with van der Waals surface area (Å²) in [6, 6.07) is 2.35. The van der Waals surface area contributed by atoms with Gasteiger partial charge in [-0.15, -0.1) is 11.3 Å². The summed E-state index contributed by atoms with van der Waals surface area (Å²) < 4.78 is 0. The second-order valence-corrected chi connectivity index (χ2v) is 6.61. The number of unbranched alkanes of at least 4 members (excludes halogenated alkanes) is 9. The SMILES string of the molecule is CCCCCCCCCCCCc1csc(C)c1. The molecule has 0 aliphatic heterocycles. The van der Waals surface area contributed by atoms with Crippen molar-refractivity contribution in [2.45, 2.75) is 84.5 Å². The molecule has 0 atom stereocenters. The molecule has 0 unspecified atom stereocenters. The Kier molecular flexibility index (Phi) is 9.28. The van der Waals surface area contributed by atoms with Crippen LogP contribution in [0.2, 0.25) is 0 Å². The quantitative estimate of drug-likeness (QED) is 0.400. The molecular formula is C17H30S. The molecule has 0 radical (unpaired) electrons. The van der Waals surface area contributed by atoms with E-state index in [-0.39, 0.29) is 0 Å². The van der Waals surface area contributed by atoms with E-state index in [2.05, 4.69) is 25.3 Å². The molecule has 1 heterocycles. The molecule has 104 valence electrons. The summed E-state index contributed by atoms with van der Waals surface area (Å²) in [5.41, 5.74) is 1.55. The molecule has 0 N–H and O–H groups in total. The number of aryl methyl sites for hydroxylation is 2. The molecule has 1 rings (SSSR count). The summed E-state index contributed by atoms with van der Waals surface area (Å²) in [6.07, 6.45) is 15.6. The third-order valence-corrected chi connectivity index (χ3v) is 4.51. The molecule has 0 fully saturated rings. The lowest BCUT2D eigenvalue weighted by Crippen LogP contribution is -1.84. The van der Waals surface area contributed by atoms with Gasteiger partial charge in [0.05, 0.1) is 0 Å². The van der Waals surface area contributed by atoms with Crippen LogP contribution in [0.3, 0.4) is 0 Å². The first-order valence-electron chi connectivity index (χ1n) is 7.87. The molecule has 1 aromatic heterocycles. The maximum absolute atomic E-state index is 2.35. The van der Waals surface area contributed by atoms with Gasteiger partial charge in [0.25, 0.3) is 0 Å². The Morgan fingerprint density at radius 1 is 0.833 bits per heavy atom. The smallest absolute Gasteiger partial charge is 0.00170 e.